The number of carbonyl (C=O) groups excluding carboxylic acids is 1. The summed E-state index contributed by atoms with van der Waals surface area (Å²) < 4.78 is 14.6. The highest BCUT2D eigenvalue weighted by atomic mass is 19.1. The van der Waals surface area contributed by atoms with Gasteiger partial charge in [-0.3, -0.25) is 4.90 Å². The highest BCUT2D eigenvalue weighted by molar-refractivity contribution is 5.96. The van der Waals surface area contributed by atoms with Gasteiger partial charge in [-0.25, -0.2) is 9.18 Å². The number of rotatable bonds is 4. The molecule has 26 heavy (non-hydrogen) atoms. The second-order valence-electron chi connectivity index (χ2n) is 7.80. The number of amides is 2. The fourth-order valence-electron chi connectivity index (χ4n) is 4.64. The number of hydrogen-bond donors (Lipinski definition) is 0. The Morgan fingerprint density at radius 1 is 1.04 bits per heavy atom. The number of anilines is 1. The van der Waals surface area contributed by atoms with E-state index in [4.69, 9.17) is 0 Å². The van der Waals surface area contributed by atoms with Gasteiger partial charge in [-0.15, -0.1) is 0 Å². The summed E-state index contributed by atoms with van der Waals surface area (Å²) in [6, 6.07) is 17.1. The summed E-state index contributed by atoms with van der Waals surface area (Å²) in [6.45, 7) is 4.96. The largest absolute Gasteiger partial charge is 0.325 e. The molecule has 2 aromatic carbocycles. The average molecular weight is 352 g/mol. The first-order chi connectivity index (χ1) is 12.6. The van der Waals surface area contributed by atoms with Gasteiger partial charge in [-0.1, -0.05) is 56.3 Å². The van der Waals surface area contributed by atoms with Crippen LogP contribution in [-0.4, -0.2) is 29.6 Å². The molecule has 0 bridgehead atoms. The molecule has 0 N–H and O–H groups in total. The number of carbonyl (C=O) groups is 1. The molecule has 2 fully saturated rings. The minimum absolute atomic E-state index is 0.0134. The van der Waals surface area contributed by atoms with Crippen LogP contribution in [-0.2, 0) is 0 Å². The molecule has 2 amide bonds. The maximum Gasteiger partial charge on any atom is 0.325 e. The van der Waals surface area contributed by atoms with Crippen molar-refractivity contribution in [3.8, 4) is 0 Å². The quantitative estimate of drug-likeness (QED) is 0.756. The lowest BCUT2D eigenvalue weighted by Gasteiger charge is -2.28. The summed E-state index contributed by atoms with van der Waals surface area (Å²) in [4.78, 5) is 17.0. The van der Waals surface area contributed by atoms with E-state index in [2.05, 4.69) is 26.0 Å². The number of fused-ring (bicyclic) bond motifs is 1. The second-order valence-corrected chi connectivity index (χ2v) is 7.80. The lowest BCUT2D eigenvalue weighted by Crippen LogP contribution is -2.38. The maximum atomic E-state index is 14.6. The van der Waals surface area contributed by atoms with E-state index in [0.717, 1.165) is 12.8 Å². The van der Waals surface area contributed by atoms with Gasteiger partial charge in [0, 0.05) is 12.5 Å². The number of halogens is 1. The zero-order valence-corrected chi connectivity index (χ0v) is 15.3. The van der Waals surface area contributed by atoms with Crippen molar-refractivity contribution in [2.45, 2.75) is 44.7 Å². The van der Waals surface area contributed by atoms with Crippen LogP contribution in [0.3, 0.4) is 0 Å². The summed E-state index contributed by atoms with van der Waals surface area (Å²) in [5, 5.41) is 0. The van der Waals surface area contributed by atoms with Crippen LogP contribution >= 0.6 is 0 Å². The molecule has 1 heterocycles. The standard InChI is InChI=1S/C22H25FN2O/c1-15(2)14-24-20-13-12-17(16-8-4-3-5-9-16)21(20)25(22(24)26)19-11-7-6-10-18(19)23/h3-11,15,17,20-21H,12-14H2,1-2H3/t17-,20-,21+/m0/s1. The highest BCUT2D eigenvalue weighted by Crippen LogP contribution is 2.46. The Bertz CT molecular complexity index is 792. The van der Waals surface area contributed by atoms with Crippen molar-refractivity contribution in [1.82, 2.24) is 4.90 Å². The van der Waals surface area contributed by atoms with Crippen LogP contribution in [0.1, 0.15) is 38.2 Å². The molecule has 0 unspecified atom stereocenters. The minimum Gasteiger partial charge on any atom is -0.319 e. The van der Waals surface area contributed by atoms with Gasteiger partial charge >= 0.3 is 6.03 Å². The normalized spacial score (nSPS) is 25.2. The van der Waals surface area contributed by atoms with Crippen molar-refractivity contribution in [2.75, 3.05) is 11.4 Å². The van der Waals surface area contributed by atoms with Crippen LogP contribution in [0, 0.1) is 11.7 Å². The molecular formula is C22H25FN2O. The van der Waals surface area contributed by atoms with Gasteiger partial charge in [-0.05, 0) is 36.5 Å². The smallest absolute Gasteiger partial charge is 0.319 e. The molecule has 2 aliphatic rings. The van der Waals surface area contributed by atoms with Crippen molar-refractivity contribution in [1.29, 1.82) is 0 Å². The molecule has 0 radical (unpaired) electrons. The Morgan fingerprint density at radius 2 is 1.73 bits per heavy atom. The van der Waals surface area contributed by atoms with Crippen molar-refractivity contribution >= 4 is 11.7 Å². The highest BCUT2D eigenvalue weighted by Gasteiger charge is 2.53. The average Bonchev–Trinajstić information content (AvgIpc) is 3.16. The van der Waals surface area contributed by atoms with Crippen LogP contribution in [0.25, 0.3) is 0 Å². The monoisotopic (exact) mass is 352 g/mol. The molecule has 2 aromatic rings. The minimum atomic E-state index is -0.329. The van der Waals surface area contributed by atoms with Crippen LogP contribution in [0.4, 0.5) is 14.9 Å². The third kappa shape index (κ3) is 2.77. The molecule has 4 heteroatoms. The number of urea groups is 1. The molecule has 3 nitrogen and oxygen atoms in total. The number of para-hydroxylation sites is 1. The van der Waals surface area contributed by atoms with Gasteiger partial charge in [-0.2, -0.15) is 0 Å². The van der Waals surface area contributed by atoms with E-state index in [1.165, 1.54) is 11.6 Å². The predicted molar refractivity (Wildman–Crippen MR) is 102 cm³/mol. The van der Waals surface area contributed by atoms with Crippen molar-refractivity contribution in [2.24, 2.45) is 5.92 Å². The zero-order valence-electron chi connectivity index (χ0n) is 15.3. The van der Waals surface area contributed by atoms with E-state index in [1.54, 1.807) is 23.1 Å². The van der Waals surface area contributed by atoms with Crippen molar-refractivity contribution in [3.63, 3.8) is 0 Å². The second kappa shape index (κ2) is 6.75. The van der Waals surface area contributed by atoms with E-state index in [9.17, 15) is 9.18 Å². The van der Waals surface area contributed by atoms with Gasteiger partial charge < -0.3 is 4.90 Å². The Hall–Kier alpha value is -2.36. The summed E-state index contributed by atoms with van der Waals surface area (Å²) >= 11 is 0. The van der Waals surface area contributed by atoms with Gasteiger partial charge in [0.15, 0.2) is 0 Å². The summed E-state index contributed by atoms with van der Waals surface area (Å²) in [5.41, 5.74) is 1.64. The SMILES string of the molecule is CC(C)CN1C(=O)N(c2ccccc2F)[C@@H]2[C@H](c3ccccc3)CC[C@@H]21. The molecule has 136 valence electrons. The van der Waals surface area contributed by atoms with Crippen LogP contribution in [0.15, 0.2) is 54.6 Å². The maximum absolute atomic E-state index is 14.6. The fourth-order valence-corrected chi connectivity index (χ4v) is 4.64. The van der Waals surface area contributed by atoms with Crippen LogP contribution < -0.4 is 4.90 Å². The molecule has 0 aromatic heterocycles. The fraction of sp³-hybridized carbons (Fsp3) is 0.409. The topological polar surface area (TPSA) is 23.6 Å². The van der Waals surface area contributed by atoms with Crippen molar-refractivity contribution in [3.05, 3.63) is 66.0 Å². The van der Waals surface area contributed by atoms with E-state index < -0.39 is 0 Å². The molecule has 1 aliphatic heterocycles. The number of nitrogens with zero attached hydrogens (tertiary/aromatic N) is 2. The molecule has 4 rings (SSSR count). The third-order valence-electron chi connectivity index (χ3n) is 5.63. The van der Waals surface area contributed by atoms with Gasteiger partial charge in [0.1, 0.15) is 5.82 Å². The Kier molecular flexibility index (Phi) is 4.43. The lowest BCUT2D eigenvalue weighted by atomic mass is 9.92. The predicted octanol–water partition coefficient (Wildman–Crippen LogP) is 5.04. The zero-order chi connectivity index (χ0) is 18.3. The third-order valence-corrected chi connectivity index (χ3v) is 5.63. The molecule has 3 atom stereocenters. The Balaban J connectivity index is 1.77. The number of hydrogen-bond acceptors (Lipinski definition) is 1. The number of benzene rings is 2. The van der Waals surface area contributed by atoms with Crippen LogP contribution in [0.2, 0.25) is 0 Å². The van der Waals surface area contributed by atoms with E-state index in [0.29, 0.717) is 18.2 Å². The molecular weight excluding hydrogens is 327 g/mol. The van der Waals surface area contributed by atoms with Crippen molar-refractivity contribution < 1.29 is 9.18 Å². The van der Waals surface area contributed by atoms with Crippen LogP contribution in [0.5, 0.6) is 0 Å². The summed E-state index contributed by atoms with van der Waals surface area (Å²) in [5.74, 6) is 0.294. The molecule has 1 saturated heterocycles. The first kappa shape index (κ1) is 17.1. The van der Waals surface area contributed by atoms with Gasteiger partial charge in [0.05, 0.1) is 17.8 Å². The summed E-state index contributed by atoms with van der Waals surface area (Å²) in [6.07, 6.45) is 1.99. The Labute approximate surface area is 154 Å². The van der Waals surface area contributed by atoms with Gasteiger partial charge in [0.25, 0.3) is 0 Å². The first-order valence-corrected chi connectivity index (χ1v) is 9.47. The summed E-state index contributed by atoms with van der Waals surface area (Å²) in [7, 11) is 0. The molecule has 1 aliphatic carbocycles. The molecule has 1 saturated carbocycles. The lowest BCUT2D eigenvalue weighted by molar-refractivity contribution is 0.195. The van der Waals surface area contributed by atoms with E-state index >= 15 is 0 Å². The van der Waals surface area contributed by atoms with E-state index in [-0.39, 0.29) is 29.8 Å². The Morgan fingerprint density at radius 3 is 2.42 bits per heavy atom. The first-order valence-electron chi connectivity index (χ1n) is 9.47. The van der Waals surface area contributed by atoms with E-state index in [1.807, 2.05) is 23.1 Å². The molecule has 0 spiro atoms. The van der Waals surface area contributed by atoms with Gasteiger partial charge in [0.2, 0.25) is 0 Å².